The minimum Gasteiger partial charge on any atom is -0.481 e. The molecule has 0 amide bonds. The maximum absolute atomic E-state index is 10.8. The molecule has 0 aromatic heterocycles. The highest BCUT2D eigenvalue weighted by atomic mass is 16.5. The number of carboxylic acids is 1. The zero-order valence-corrected chi connectivity index (χ0v) is 6.80. The first kappa shape index (κ1) is 8.53. The average molecular weight is 158 g/mol. The summed E-state index contributed by atoms with van der Waals surface area (Å²) in [5.41, 5.74) is -0.585. The van der Waals surface area contributed by atoms with Gasteiger partial charge in [0.15, 0.2) is 0 Å². The topological polar surface area (TPSA) is 46.5 Å². The Morgan fingerprint density at radius 2 is 2.45 bits per heavy atom. The van der Waals surface area contributed by atoms with Crippen molar-refractivity contribution in [2.75, 3.05) is 13.2 Å². The van der Waals surface area contributed by atoms with E-state index in [9.17, 15) is 4.79 Å². The average Bonchev–Trinajstić information content (AvgIpc) is 2.05. The Labute approximate surface area is 66.4 Å². The quantitative estimate of drug-likeness (QED) is 0.658. The summed E-state index contributed by atoms with van der Waals surface area (Å²) in [5.74, 6) is -0.709. The normalized spacial score (nSPS) is 31.7. The van der Waals surface area contributed by atoms with Crippen molar-refractivity contribution in [1.82, 2.24) is 0 Å². The molecule has 0 aliphatic carbocycles. The first-order valence-corrected chi connectivity index (χ1v) is 4.02. The molecule has 0 aromatic rings. The summed E-state index contributed by atoms with van der Waals surface area (Å²) < 4.78 is 5.16. The SMILES string of the molecule is CCC1(C(=O)O)CCCOC1. The number of aliphatic carboxylic acids is 1. The van der Waals surface area contributed by atoms with Gasteiger partial charge in [0.05, 0.1) is 12.0 Å². The zero-order chi connectivity index (χ0) is 8.32. The van der Waals surface area contributed by atoms with E-state index in [4.69, 9.17) is 9.84 Å². The van der Waals surface area contributed by atoms with Gasteiger partial charge in [0, 0.05) is 6.61 Å². The van der Waals surface area contributed by atoms with Crippen molar-refractivity contribution in [2.45, 2.75) is 26.2 Å². The van der Waals surface area contributed by atoms with Crippen LogP contribution in [0, 0.1) is 5.41 Å². The molecule has 0 saturated carbocycles. The van der Waals surface area contributed by atoms with Crippen LogP contribution in [0.15, 0.2) is 0 Å². The van der Waals surface area contributed by atoms with Crippen molar-refractivity contribution in [1.29, 1.82) is 0 Å². The first-order valence-electron chi connectivity index (χ1n) is 4.02. The highest BCUT2D eigenvalue weighted by Crippen LogP contribution is 2.31. The summed E-state index contributed by atoms with van der Waals surface area (Å²) in [7, 11) is 0. The summed E-state index contributed by atoms with van der Waals surface area (Å²) in [4.78, 5) is 10.8. The molecule has 0 bridgehead atoms. The van der Waals surface area contributed by atoms with Gasteiger partial charge in [-0.1, -0.05) is 6.92 Å². The molecule has 11 heavy (non-hydrogen) atoms. The van der Waals surface area contributed by atoms with Gasteiger partial charge in [-0.3, -0.25) is 4.79 Å². The molecule has 0 aromatic carbocycles. The van der Waals surface area contributed by atoms with Gasteiger partial charge in [-0.25, -0.2) is 0 Å². The van der Waals surface area contributed by atoms with Gasteiger partial charge >= 0.3 is 5.97 Å². The lowest BCUT2D eigenvalue weighted by atomic mass is 9.80. The summed E-state index contributed by atoms with van der Waals surface area (Å²) in [6, 6.07) is 0. The van der Waals surface area contributed by atoms with Crippen LogP contribution >= 0.6 is 0 Å². The van der Waals surface area contributed by atoms with E-state index in [1.54, 1.807) is 0 Å². The molecule has 0 spiro atoms. The van der Waals surface area contributed by atoms with Crippen LogP contribution in [0.1, 0.15) is 26.2 Å². The summed E-state index contributed by atoms with van der Waals surface area (Å²) in [6.45, 7) is 3.01. The fourth-order valence-electron chi connectivity index (χ4n) is 1.45. The van der Waals surface area contributed by atoms with Crippen LogP contribution in [0.2, 0.25) is 0 Å². The lowest BCUT2D eigenvalue weighted by Crippen LogP contribution is -2.38. The molecule has 1 atom stereocenters. The Hall–Kier alpha value is -0.570. The lowest BCUT2D eigenvalue weighted by molar-refractivity contribution is -0.157. The Balaban J connectivity index is 2.64. The van der Waals surface area contributed by atoms with Crippen molar-refractivity contribution in [2.24, 2.45) is 5.41 Å². The van der Waals surface area contributed by atoms with Crippen molar-refractivity contribution >= 4 is 5.97 Å². The molecule has 1 fully saturated rings. The second kappa shape index (κ2) is 3.22. The van der Waals surface area contributed by atoms with Gasteiger partial charge in [-0.15, -0.1) is 0 Å². The van der Waals surface area contributed by atoms with Crippen LogP contribution in [0.4, 0.5) is 0 Å². The first-order chi connectivity index (χ1) is 5.21. The Morgan fingerprint density at radius 1 is 1.73 bits per heavy atom. The standard InChI is InChI=1S/C8H14O3/c1-2-8(7(9)10)4-3-5-11-6-8/h2-6H2,1H3,(H,9,10). The van der Waals surface area contributed by atoms with E-state index in [0.717, 1.165) is 19.4 Å². The monoisotopic (exact) mass is 158 g/mol. The number of rotatable bonds is 2. The largest absolute Gasteiger partial charge is 0.481 e. The van der Waals surface area contributed by atoms with Gasteiger partial charge in [-0.2, -0.15) is 0 Å². The number of carbonyl (C=O) groups is 1. The summed E-state index contributed by atoms with van der Waals surface area (Å²) >= 11 is 0. The molecule has 3 nitrogen and oxygen atoms in total. The maximum Gasteiger partial charge on any atom is 0.311 e. The fourth-order valence-corrected chi connectivity index (χ4v) is 1.45. The van der Waals surface area contributed by atoms with E-state index in [2.05, 4.69) is 0 Å². The van der Waals surface area contributed by atoms with Crippen LogP contribution in [0.3, 0.4) is 0 Å². The molecule has 3 heteroatoms. The third-order valence-corrected chi connectivity index (χ3v) is 2.45. The van der Waals surface area contributed by atoms with E-state index < -0.39 is 11.4 Å². The van der Waals surface area contributed by atoms with Crippen LogP contribution in [0.5, 0.6) is 0 Å². The van der Waals surface area contributed by atoms with E-state index in [1.165, 1.54) is 0 Å². The van der Waals surface area contributed by atoms with Crippen LogP contribution in [-0.4, -0.2) is 24.3 Å². The van der Waals surface area contributed by atoms with Gasteiger partial charge in [0.1, 0.15) is 0 Å². The van der Waals surface area contributed by atoms with E-state index in [1.807, 2.05) is 6.92 Å². The Bertz CT molecular complexity index is 147. The van der Waals surface area contributed by atoms with Crippen LogP contribution < -0.4 is 0 Å². The highest BCUT2D eigenvalue weighted by Gasteiger charge is 2.38. The molecule has 1 aliphatic rings. The van der Waals surface area contributed by atoms with Gasteiger partial charge < -0.3 is 9.84 Å². The van der Waals surface area contributed by atoms with Gasteiger partial charge in [-0.05, 0) is 19.3 Å². The molecule has 1 aliphatic heterocycles. The van der Waals surface area contributed by atoms with Crippen molar-refractivity contribution in [3.63, 3.8) is 0 Å². The van der Waals surface area contributed by atoms with Gasteiger partial charge in [0.25, 0.3) is 0 Å². The predicted molar refractivity (Wildman–Crippen MR) is 40.4 cm³/mol. The minimum atomic E-state index is -0.709. The van der Waals surface area contributed by atoms with Crippen LogP contribution in [-0.2, 0) is 9.53 Å². The number of hydrogen-bond donors (Lipinski definition) is 1. The van der Waals surface area contributed by atoms with Gasteiger partial charge in [0.2, 0.25) is 0 Å². The third-order valence-electron chi connectivity index (χ3n) is 2.45. The maximum atomic E-state index is 10.8. The highest BCUT2D eigenvalue weighted by molar-refractivity contribution is 5.74. The molecule has 64 valence electrons. The lowest BCUT2D eigenvalue weighted by Gasteiger charge is -2.31. The molecule has 1 saturated heterocycles. The fraction of sp³-hybridized carbons (Fsp3) is 0.875. The van der Waals surface area contributed by atoms with E-state index in [-0.39, 0.29) is 0 Å². The molecular weight excluding hydrogens is 144 g/mol. The smallest absolute Gasteiger partial charge is 0.311 e. The zero-order valence-electron chi connectivity index (χ0n) is 6.80. The van der Waals surface area contributed by atoms with E-state index >= 15 is 0 Å². The molecule has 1 rings (SSSR count). The molecular formula is C8H14O3. The van der Waals surface area contributed by atoms with Crippen molar-refractivity contribution in [3.05, 3.63) is 0 Å². The number of hydrogen-bond acceptors (Lipinski definition) is 2. The second-order valence-corrected chi connectivity index (χ2v) is 3.10. The Morgan fingerprint density at radius 3 is 2.73 bits per heavy atom. The molecule has 1 N–H and O–H groups in total. The molecule has 1 heterocycles. The van der Waals surface area contributed by atoms with Crippen molar-refractivity contribution in [3.8, 4) is 0 Å². The number of ether oxygens (including phenoxy) is 1. The minimum absolute atomic E-state index is 0.388. The van der Waals surface area contributed by atoms with E-state index in [0.29, 0.717) is 13.0 Å². The third kappa shape index (κ3) is 1.53. The molecule has 1 unspecified atom stereocenters. The van der Waals surface area contributed by atoms with Crippen molar-refractivity contribution < 1.29 is 14.6 Å². The predicted octanol–water partition coefficient (Wildman–Crippen LogP) is 1.28. The second-order valence-electron chi connectivity index (χ2n) is 3.10. The number of carboxylic acid groups (broad SMARTS) is 1. The Kier molecular flexibility index (Phi) is 2.49. The summed E-state index contributed by atoms with van der Waals surface area (Å²) in [6.07, 6.45) is 2.31. The van der Waals surface area contributed by atoms with Crippen LogP contribution in [0.25, 0.3) is 0 Å². The molecule has 0 radical (unpaired) electrons. The summed E-state index contributed by atoms with van der Waals surface area (Å²) in [5, 5.41) is 8.91.